The molecule has 0 radical (unpaired) electrons. The molecule has 2 heterocycles. The number of hydrogen-bond donors (Lipinski definition) is 0. The molecule has 0 unspecified atom stereocenters. The summed E-state index contributed by atoms with van der Waals surface area (Å²) in [6.07, 6.45) is 3.77. The van der Waals surface area contributed by atoms with Crippen molar-refractivity contribution in [2.24, 2.45) is 0 Å². The molecule has 2 aromatic heterocycles. The molecule has 2 heteroatoms. The van der Waals surface area contributed by atoms with Crippen LogP contribution in [0.1, 0.15) is 25.0 Å². The highest BCUT2D eigenvalue weighted by Crippen LogP contribution is 2.50. The van der Waals surface area contributed by atoms with Gasteiger partial charge in [-0.3, -0.25) is 4.98 Å². The second-order valence-corrected chi connectivity index (χ2v) is 8.15. The van der Waals surface area contributed by atoms with Crippen molar-refractivity contribution in [3.8, 4) is 16.8 Å². The van der Waals surface area contributed by atoms with Crippen molar-refractivity contribution in [2.75, 3.05) is 0 Å². The van der Waals surface area contributed by atoms with Gasteiger partial charge in [-0.15, -0.1) is 0 Å². The minimum absolute atomic E-state index is 0.0115. The maximum atomic E-state index is 4.36. The van der Waals surface area contributed by atoms with Gasteiger partial charge in [-0.25, -0.2) is 0 Å². The standard InChI is InChI=1S/C26H20N2/c1-26(2)22-11-5-3-9-18(22)20-15-25-21(14-23(20)26)19-10-4-6-12-24(19)28(25)17-8-7-13-27-16-17/h3-16H,1-2H3. The Labute approximate surface area is 164 Å². The van der Waals surface area contributed by atoms with Crippen LogP contribution < -0.4 is 0 Å². The van der Waals surface area contributed by atoms with Crippen molar-refractivity contribution >= 4 is 21.8 Å². The zero-order chi connectivity index (χ0) is 18.9. The molecule has 0 saturated heterocycles. The highest BCUT2D eigenvalue weighted by atomic mass is 15.0. The molecule has 0 atom stereocenters. The van der Waals surface area contributed by atoms with E-state index in [0.717, 1.165) is 5.69 Å². The molecular weight excluding hydrogens is 340 g/mol. The Hall–Kier alpha value is -3.39. The van der Waals surface area contributed by atoms with Gasteiger partial charge in [0.15, 0.2) is 0 Å². The molecular formula is C26H20N2. The number of pyridine rings is 1. The predicted octanol–water partition coefficient (Wildman–Crippen LogP) is 6.49. The van der Waals surface area contributed by atoms with Gasteiger partial charge in [0, 0.05) is 22.4 Å². The van der Waals surface area contributed by atoms with Crippen LogP contribution in [0.4, 0.5) is 0 Å². The van der Waals surface area contributed by atoms with E-state index in [9.17, 15) is 0 Å². The molecule has 0 N–H and O–H groups in total. The third kappa shape index (κ3) is 1.90. The lowest BCUT2D eigenvalue weighted by Crippen LogP contribution is -2.14. The van der Waals surface area contributed by atoms with Crippen LogP contribution in [-0.4, -0.2) is 9.55 Å². The van der Waals surface area contributed by atoms with Crippen LogP contribution in [0.25, 0.3) is 38.6 Å². The average Bonchev–Trinajstić information content (AvgIpc) is 3.17. The number of nitrogens with zero attached hydrogens (tertiary/aromatic N) is 2. The summed E-state index contributed by atoms with van der Waals surface area (Å²) in [5.41, 5.74) is 9.09. The first kappa shape index (κ1) is 15.6. The van der Waals surface area contributed by atoms with Gasteiger partial charge in [-0.1, -0.05) is 56.3 Å². The van der Waals surface area contributed by atoms with Gasteiger partial charge in [0.1, 0.15) is 0 Å². The van der Waals surface area contributed by atoms with Crippen molar-refractivity contribution in [1.29, 1.82) is 0 Å². The van der Waals surface area contributed by atoms with E-state index in [1.807, 2.05) is 18.5 Å². The molecule has 134 valence electrons. The van der Waals surface area contributed by atoms with E-state index in [4.69, 9.17) is 0 Å². The minimum Gasteiger partial charge on any atom is -0.308 e. The van der Waals surface area contributed by atoms with Crippen molar-refractivity contribution < 1.29 is 0 Å². The highest BCUT2D eigenvalue weighted by molar-refractivity contribution is 6.11. The highest BCUT2D eigenvalue weighted by Gasteiger charge is 2.36. The summed E-state index contributed by atoms with van der Waals surface area (Å²) in [5.74, 6) is 0. The van der Waals surface area contributed by atoms with Gasteiger partial charge >= 0.3 is 0 Å². The first-order chi connectivity index (χ1) is 13.7. The monoisotopic (exact) mass is 360 g/mol. The molecule has 0 spiro atoms. The fraction of sp³-hybridized carbons (Fsp3) is 0.115. The summed E-state index contributed by atoms with van der Waals surface area (Å²) in [4.78, 5) is 4.36. The molecule has 1 aliphatic rings. The lowest BCUT2D eigenvalue weighted by Gasteiger charge is -2.21. The Bertz CT molecular complexity index is 1370. The number of benzene rings is 3. The molecule has 0 amide bonds. The molecule has 0 bridgehead atoms. The Morgan fingerprint density at radius 3 is 2.39 bits per heavy atom. The Morgan fingerprint density at radius 2 is 1.54 bits per heavy atom. The summed E-state index contributed by atoms with van der Waals surface area (Å²) < 4.78 is 2.34. The van der Waals surface area contributed by atoms with E-state index in [1.54, 1.807) is 0 Å². The summed E-state index contributed by atoms with van der Waals surface area (Å²) in [7, 11) is 0. The molecule has 0 fully saturated rings. The second kappa shape index (κ2) is 5.32. The largest absolute Gasteiger partial charge is 0.308 e. The molecule has 28 heavy (non-hydrogen) atoms. The number of para-hydroxylation sites is 1. The third-order valence-electron chi connectivity index (χ3n) is 6.28. The maximum Gasteiger partial charge on any atom is 0.0645 e. The number of aromatic nitrogens is 2. The summed E-state index contributed by atoms with van der Waals surface area (Å²) in [5, 5.41) is 2.59. The van der Waals surface area contributed by atoms with E-state index in [1.165, 1.54) is 44.1 Å². The van der Waals surface area contributed by atoms with Crippen molar-refractivity contribution in [2.45, 2.75) is 19.3 Å². The fourth-order valence-corrected chi connectivity index (χ4v) is 4.93. The average molecular weight is 360 g/mol. The Morgan fingerprint density at radius 1 is 0.714 bits per heavy atom. The third-order valence-corrected chi connectivity index (χ3v) is 6.28. The molecule has 6 rings (SSSR count). The summed E-state index contributed by atoms with van der Waals surface area (Å²) >= 11 is 0. The van der Waals surface area contributed by atoms with Crippen LogP contribution >= 0.6 is 0 Å². The van der Waals surface area contributed by atoms with E-state index < -0.39 is 0 Å². The predicted molar refractivity (Wildman–Crippen MR) is 116 cm³/mol. The normalized spacial score (nSPS) is 14.4. The molecule has 2 nitrogen and oxygen atoms in total. The van der Waals surface area contributed by atoms with Crippen molar-refractivity contribution in [1.82, 2.24) is 9.55 Å². The first-order valence-electron chi connectivity index (χ1n) is 9.74. The van der Waals surface area contributed by atoms with Gasteiger partial charge in [0.25, 0.3) is 0 Å². The summed E-state index contributed by atoms with van der Waals surface area (Å²) in [6, 6.07) is 26.4. The van der Waals surface area contributed by atoms with Crippen LogP contribution in [0, 0.1) is 0 Å². The Kier molecular flexibility index (Phi) is 2.98. The van der Waals surface area contributed by atoms with Crippen LogP contribution in [0.3, 0.4) is 0 Å². The molecule has 3 aromatic carbocycles. The first-order valence-corrected chi connectivity index (χ1v) is 9.74. The molecule has 0 aliphatic heterocycles. The van der Waals surface area contributed by atoms with E-state index in [-0.39, 0.29) is 5.41 Å². The molecule has 0 saturated carbocycles. The zero-order valence-electron chi connectivity index (χ0n) is 16.0. The van der Waals surface area contributed by atoms with E-state index in [2.05, 4.69) is 90.1 Å². The van der Waals surface area contributed by atoms with Crippen LogP contribution in [-0.2, 0) is 5.41 Å². The van der Waals surface area contributed by atoms with Gasteiger partial charge in [-0.2, -0.15) is 0 Å². The SMILES string of the molecule is CC1(C)c2ccccc2-c2cc3c(cc21)c1ccccc1n3-c1cccnc1. The van der Waals surface area contributed by atoms with Gasteiger partial charge in [0.05, 0.1) is 22.9 Å². The number of fused-ring (bicyclic) bond motifs is 6. The maximum absolute atomic E-state index is 4.36. The Balaban J connectivity index is 1.80. The van der Waals surface area contributed by atoms with Crippen LogP contribution in [0.5, 0.6) is 0 Å². The van der Waals surface area contributed by atoms with E-state index in [0.29, 0.717) is 0 Å². The minimum atomic E-state index is 0.0115. The lowest BCUT2D eigenvalue weighted by atomic mass is 9.82. The lowest BCUT2D eigenvalue weighted by molar-refractivity contribution is 0.661. The van der Waals surface area contributed by atoms with Gasteiger partial charge < -0.3 is 4.57 Å². The fourth-order valence-electron chi connectivity index (χ4n) is 4.93. The number of hydrogen-bond acceptors (Lipinski definition) is 1. The van der Waals surface area contributed by atoms with Gasteiger partial charge in [0.2, 0.25) is 0 Å². The van der Waals surface area contributed by atoms with Crippen LogP contribution in [0.2, 0.25) is 0 Å². The second-order valence-electron chi connectivity index (χ2n) is 8.15. The molecule has 1 aliphatic carbocycles. The van der Waals surface area contributed by atoms with Crippen LogP contribution in [0.15, 0.2) is 85.2 Å². The summed E-state index contributed by atoms with van der Waals surface area (Å²) in [6.45, 7) is 4.67. The smallest absolute Gasteiger partial charge is 0.0645 e. The van der Waals surface area contributed by atoms with Gasteiger partial charge in [-0.05, 0) is 52.6 Å². The number of rotatable bonds is 1. The zero-order valence-corrected chi connectivity index (χ0v) is 16.0. The van der Waals surface area contributed by atoms with E-state index >= 15 is 0 Å². The topological polar surface area (TPSA) is 17.8 Å². The van der Waals surface area contributed by atoms with Crippen molar-refractivity contribution in [3.63, 3.8) is 0 Å². The molecule has 5 aromatic rings. The quantitative estimate of drug-likeness (QED) is 0.334. The van der Waals surface area contributed by atoms with Crippen molar-refractivity contribution in [3.05, 3.63) is 96.3 Å².